The average molecular weight is 424 g/mol. The summed E-state index contributed by atoms with van der Waals surface area (Å²) in [6, 6.07) is 18.5. The van der Waals surface area contributed by atoms with Crippen molar-refractivity contribution in [2.75, 3.05) is 7.11 Å². The molecule has 4 rings (SSSR count). The molecule has 1 aromatic heterocycles. The van der Waals surface area contributed by atoms with Crippen LogP contribution in [0.25, 0.3) is 17.4 Å². The van der Waals surface area contributed by atoms with E-state index < -0.39 is 5.97 Å². The Bertz CT molecular complexity index is 1050. The molecule has 1 aliphatic rings. The SMILES string of the molecule is COc1ccc(-c2ccc(/C=C3/N=C(c4ccc(Br)cc4)OC3=O)o2)cc1. The van der Waals surface area contributed by atoms with Crippen LogP contribution in [0.4, 0.5) is 0 Å². The number of esters is 1. The number of methoxy groups -OCH3 is 1. The predicted molar refractivity (Wildman–Crippen MR) is 105 cm³/mol. The third-order valence-electron chi connectivity index (χ3n) is 3.99. The highest BCUT2D eigenvalue weighted by Crippen LogP contribution is 2.27. The zero-order chi connectivity index (χ0) is 18.8. The van der Waals surface area contributed by atoms with Crippen molar-refractivity contribution in [1.82, 2.24) is 0 Å². The maximum absolute atomic E-state index is 12.1. The number of cyclic esters (lactones) is 1. The van der Waals surface area contributed by atoms with E-state index in [2.05, 4.69) is 20.9 Å². The van der Waals surface area contributed by atoms with E-state index in [0.717, 1.165) is 21.3 Å². The number of halogens is 1. The zero-order valence-corrected chi connectivity index (χ0v) is 15.9. The fourth-order valence-corrected chi connectivity index (χ4v) is 2.87. The van der Waals surface area contributed by atoms with Crippen LogP contribution in [0.3, 0.4) is 0 Å². The molecular weight excluding hydrogens is 410 g/mol. The second kappa shape index (κ2) is 7.25. The van der Waals surface area contributed by atoms with E-state index in [4.69, 9.17) is 13.9 Å². The second-order valence-electron chi connectivity index (χ2n) is 5.77. The summed E-state index contributed by atoms with van der Waals surface area (Å²) in [7, 11) is 1.62. The van der Waals surface area contributed by atoms with Gasteiger partial charge >= 0.3 is 5.97 Å². The number of hydrogen-bond acceptors (Lipinski definition) is 5. The minimum atomic E-state index is -0.504. The minimum absolute atomic E-state index is 0.198. The van der Waals surface area contributed by atoms with Crippen molar-refractivity contribution in [2.24, 2.45) is 4.99 Å². The Kier molecular flexibility index (Phi) is 4.64. The van der Waals surface area contributed by atoms with E-state index in [0.29, 0.717) is 11.5 Å². The van der Waals surface area contributed by atoms with Crippen molar-refractivity contribution >= 4 is 33.9 Å². The highest BCUT2D eigenvalue weighted by Gasteiger charge is 2.24. The molecule has 1 aliphatic heterocycles. The van der Waals surface area contributed by atoms with Crippen molar-refractivity contribution in [3.63, 3.8) is 0 Å². The molecule has 134 valence electrons. The molecular formula is C21H14BrNO4. The van der Waals surface area contributed by atoms with Crippen molar-refractivity contribution in [2.45, 2.75) is 0 Å². The van der Waals surface area contributed by atoms with Crippen molar-refractivity contribution in [1.29, 1.82) is 0 Å². The number of carbonyl (C=O) groups is 1. The van der Waals surface area contributed by atoms with Gasteiger partial charge in [0.2, 0.25) is 5.90 Å². The Labute approximate surface area is 164 Å². The van der Waals surface area contributed by atoms with Gasteiger partial charge in [0.15, 0.2) is 5.70 Å². The summed E-state index contributed by atoms with van der Waals surface area (Å²) >= 11 is 3.37. The molecule has 0 N–H and O–H groups in total. The first-order valence-corrected chi connectivity index (χ1v) is 8.94. The van der Waals surface area contributed by atoms with Crippen LogP contribution >= 0.6 is 15.9 Å². The maximum atomic E-state index is 12.1. The van der Waals surface area contributed by atoms with Gasteiger partial charge in [0.05, 0.1) is 7.11 Å². The van der Waals surface area contributed by atoms with Gasteiger partial charge in [-0.15, -0.1) is 0 Å². The Balaban J connectivity index is 1.58. The van der Waals surface area contributed by atoms with Gasteiger partial charge in [0.25, 0.3) is 0 Å². The summed E-state index contributed by atoms with van der Waals surface area (Å²) in [5.74, 6) is 1.76. The van der Waals surface area contributed by atoms with Crippen LogP contribution < -0.4 is 4.74 Å². The van der Waals surface area contributed by atoms with Crippen LogP contribution in [-0.2, 0) is 9.53 Å². The molecule has 0 spiro atoms. The van der Waals surface area contributed by atoms with Crippen LogP contribution in [0.2, 0.25) is 0 Å². The number of ether oxygens (including phenoxy) is 2. The van der Waals surface area contributed by atoms with Crippen LogP contribution in [0.5, 0.6) is 5.75 Å². The Morgan fingerprint density at radius 3 is 2.37 bits per heavy atom. The minimum Gasteiger partial charge on any atom is -0.497 e. The van der Waals surface area contributed by atoms with Gasteiger partial charge in [0.1, 0.15) is 17.3 Å². The lowest BCUT2D eigenvalue weighted by atomic mass is 10.2. The molecule has 6 heteroatoms. The van der Waals surface area contributed by atoms with Gasteiger partial charge in [-0.25, -0.2) is 9.79 Å². The predicted octanol–water partition coefficient (Wildman–Crippen LogP) is 5.06. The number of benzene rings is 2. The smallest absolute Gasteiger partial charge is 0.363 e. The zero-order valence-electron chi connectivity index (χ0n) is 14.3. The molecule has 0 atom stereocenters. The van der Waals surface area contributed by atoms with Crippen LogP contribution in [0.15, 0.2) is 80.2 Å². The molecule has 0 fully saturated rings. The largest absolute Gasteiger partial charge is 0.497 e. The molecule has 0 bridgehead atoms. The summed E-state index contributed by atoms with van der Waals surface area (Å²) in [5, 5.41) is 0. The first-order valence-electron chi connectivity index (χ1n) is 8.15. The highest BCUT2D eigenvalue weighted by molar-refractivity contribution is 9.10. The number of hydrogen-bond donors (Lipinski definition) is 0. The average Bonchev–Trinajstić information content (AvgIpc) is 3.30. The first kappa shape index (κ1) is 17.3. The number of rotatable bonds is 4. The molecule has 0 amide bonds. The summed E-state index contributed by atoms with van der Waals surface area (Å²) in [6.45, 7) is 0. The maximum Gasteiger partial charge on any atom is 0.363 e. The number of nitrogens with zero attached hydrogens (tertiary/aromatic N) is 1. The monoisotopic (exact) mass is 423 g/mol. The summed E-state index contributed by atoms with van der Waals surface area (Å²) in [6.07, 6.45) is 1.57. The molecule has 2 aromatic carbocycles. The Morgan fingerprint density at radius 1 is 0.963 bits per heavy atom. The standard InChI is InChI=1S/C21H14BrNO4/c1-25-16-8-4-13(5-9-16)19-11-10-17(26-19)12-18-21(24)27-20(23-18)14-2-6-15(22)7-3-14/h2-12H,1H3/b18-12+. The second-order valence-corrected chi connectivity index (χ2v) is 6.69. The van der Waals surface area contributed by atoms with E-state index >= 15 is 0 Å². The summed E-state index contributed by atoms with van der Waals surface area (Å²) in [4.78, 5) is 16.4. The van der Waals surface area contributed by atoms with Crippen LogP contribution in [-0.4, -0.2) is 19.0 Å². The van der Waals surface area contributed by atoms with Crippen molar-refractivity contribution < 1.29 is 18.7 Å². The molecule has 3 aromatic rings. The van der Waals surface area contributed by atoms with Gasteiger partial charge in [-0.05, 0) is 60.7 Å². The fraction of sp³-hybridized carbons (Fsp3) is 0.0476. The first-order chi connectivity index (χ1) is 13.1. The lowest BCUT2D eigenvalue weighted by molar-refractivity contribution is -0.129. The molecule has 0 radical (unpaired) electrons. The van der Waals surface area contributed by atoms with Gasteiger partial charge in [-0.1, -0.05) is 15.9 Å². The van der Waals surface area contributed by atoms with Gasteiger partial charge < -0.3 is 13.9 Å². The van der Waals surface area contributed by atoms with Gasteiger partial charge in [-0.3, -0.25) is 0 Å². The van der Waals surface area contributed by atoms with Crippen LogP contribution in [0.1, 0.15) is 11.3 Å². The molecule has 0 aliphatic carbocycles. The van der Waals surface area contributed by atoms with E-state index in [1.165, 1.54) is 0 Å². The summed E-state index contributed by atoms with van der Waals surface area (Å²) in [5.41, 5.74) is 1.84. The third-order valence-corrected chi connectivity index (χ3v) is 4.52. The lowest BCUT2D eigenvalue weighted by Gasteiger charge is -2.00. The van der Waals surface area contributed by atoms with Crippen LogP contribution in [0, 0.1) is 0 Å². The van der Waals surface area contributed by atoms with E-state index in [9.17, 15) is 4.79 Å². The molecule has 5 nitrogen and oxygen atoms in total. The quantitative estimate of drug-likeness (QED) is 0.434. The topological polar surface area (TPSA) is 61.0 Å². The number of furan rings is 1. The molecule has 2 heterocycles. The highest BCUT2D eigenvalue weighted by atomic mass is 79.9. The van der Waals surface area contributed by atoms with E-state index in [1.54, 1.807) is 19.3 Å². The van der Waals surface area contributed by atoms with E-state index in [-0.39, 0.29) is 11.6 Å². The van der Waals surface area contributed by atoms with Crippen molar-refractivity contribution in [3.8, 4) is 17.1 Å². The third kappa shape index (κ3) is 3.71. The number of aliphatic imine (C=N–C) groups is 1. The molecule has 0 unspecified atom stereocenters. The molecule has 0 saturated carbocycles. The van der Waals surface area contributed by atoms with Crippen molar-refractivity contribution in [3.05, 3.63) is 82.2 Å². The van der Waals surface area contributed by atoms with Gasteiger partial charge in [0, 0.05) is 21.7 Å². The summed E-state index contributed by atoms with van der Waals surface area (Å²) < 4.78 is 17.2. The van der Waals surface area contributed by atoms with Gasteiger partial charge in [-0.2, -0.15) is 0 Å². The Hall–Kier alpha value is -3.12. The fourth-order valence-electron chi connectivity index (χ4n) is 2.60. The lowest BCUT2D eigenvalue weighted by Crippen LogP contribution is -2.05. The van der Waals surface area contributed by atoms with E-state index in [1.807, 2.05) is 54.6 Å². The normalized spacial score (nSPS) is 15.0. The molecule has 0 saturated heterocycles. The molecule has 27 heavy (non-hydrogen) atoms. The number of carbonyl (C=O) groups excluding carboxylic acids is 1. The Morgan fingerprint density at radius 2 is 1.67 bits per heavy atom.